The molecular weight excluding hydrogens is 352 g/mol. The molecule has 0 aromatic heterocycles. The van der Waals surface area contributed by atoms with Crippen LogP contribution in [0.5, 0.6) is 0 Å². The van der Waals surface area contributed by atoms with E-state index in [1.165, 1.54) is 5.56 Å². The molecule has 1 saturated heterocycles. The third-order valence-corrected chi connectivity index (χ3v) is 6.01. The van der Waals surface area contributed by atoms with E-state index in [2.05, 4.69) is 67.9 Å². The molecule has 0 radical (unpaired) electrons. The Bertz CT molecular complexity index is 732. The maximum absolute atomic E-state index is 13.0. The number of nitrogens with zero attached hydrogens (tertiary/aromatic N) is 1. The Hall–Kier alpha value is -1.92. The van der Waals surface area contributed by atoms with Crippen molar-refractivity contribution in [2.24, 2.45) is 5.41 Å². The molecular formula is C22H34N4O2. The molecule has 3 N–H and O–H groups in total. The minimum absolute atomic E-state index is 0.0430. The van der Waals surface area contributed by atoms with Crippen LogP contribution in [0.15, 0.2) is 24.3 Å². The highest BCUT2D eigenvalue weighted by Crippen LogP contribution is 2.54. The summed E-state index contributed by atoms with van der Waals surface area (Å²) < 4.78 is 0. The zero-order valence-corrected chi connectivity index (χ0v) is 17.9. The topological polar surface area (TPSA) is 73.5 Å². The molecule has 3 atom stereocenters. The summed E-state index contributed by atoms with van der Waals surface area (Å²) in [6, 6.07) is 8.03. The fraction of sp³-hybridized carbons (Fsp3) is 0.636. The number of nitrogens with one attached hydrogen (secondary N) is 3. The molecule has 154 valence electrons. The van der Waals surface area contributed by atoms with E-state index < -0.39 is 6.04 Å². The number of amides is 2. The second-order valence-electron chi connectivity index (χ2n) is 9.82. The van der Waals surface area contributed by atoms with E-state index in [9.17, 15) is 9.59 Å². The van der Waals surface area contributed by atoms with E-state index in [4.69, 9.17) is 0 Å². The molecule has 1 aliphatic heterocycles. The lowest BCUT2D eigenvalue weighted by Gasteiger charge is -2.36. The number of carbonyl (C=O) groups excluding carboxylic acids is 2. The highest BCUT2D eigenvalue weighted by Gasteiger charge is 2.47. The number of hydrogen-bond acceptors (Lipinski definition) is 4. The van der Waals surface area contributed by atoms with Crippen LogP contribution < -0.4 is 16.0 Å². The van der Waals surface area contributed by atoms with Gasteiger partial charge in [0.1, 0.15) is 6.29 Å². The Morgan fingerprint density at radius 3 is 2.32 bits per heavy atom. The zero-order chi connectivity index (χ0) is 20.7. The second kappa shape index (κ2) is 7.48. The molecule has 28 heavy (non-hydrogen) atoms. The van der Waals surface area contributed by atoms with Gasteiger partial charge >= 0.3 is 0 Å². The molecule has 6 heteroatoms. The number of hydrogen-bond donors (Lipinski definition) is 3. The van der Waals surface area contributed by atoms with Crippen LogP contribution in [0.2, 0.25) is 0 Å². The molecule has 0 bridgehead atoms. The van der Waals surface area contributed by atoms with Gasteiger partial charge in [0.05, 0.1) is 18.5 Å². The van der Waals surface area contributed by atoms with Gasteiger partial charge in [-0.05, 0) is 48.9 Å². The zero-order valence-electron chi connectivity index (χ0n) is 17.9. The molecule has 1 aromatic carbocycles. The van der Waals surface area contributed by atoms with Crippen LogP contribution in [0.1, 0.15) is 64.1 Å². The number of benzene rings is 1. The first-order valence-electron chi connectivity index (χ1n) is 10.1. The van der Waals surface area contributed by atoms with Crippen molar-refractivity contribution in [2.75, 3.05) is 14.1 Å². The normalized spacial score (nSPS) is 25.2. The summed E-state index contributed by atoms with van der Waals surface area (Å²) in [6.07, 6.45) is 2.01. The average molecular weight is 387 g/mol. The largest absolute Gasteiger partial charge is 0.347 e. The lowest BCUT2D eigenvalue weighted by molar-refractivity contribution is -0.134. The molecule has 2 fully saturated rings. The quantitative estimate of drug-likeness (QED) is 0.726. The van der Waals surface area contributed by atoms with Crippen molar-refractivity contribution in [1.82, 2.24) is 20.9 Å². The van der Waals surface area contributed by atoms with Gasteiger partial charge in [-0.3, -0.25) is 19.8 Å². The summed E-state index contributed by atoms with van der Waals surface area (Å²) in [5.74, 6) is -0.221. The predicted octanol–water partition coefficient (Wildman–Crippen LogP) is 2.26. The van der Waals surface area contributed by atoms with Gasteiger partial charge in [-0.2, -0.15) is 0 Å². The summed E-state index contributed by atoms with van der Waals surface area (Å²) in [4.78, 5) is 26.9. The molecule has 2 amide bonds. The third-order valence-electron chi connectivity index (χ3n) is 6.01. The fourth-order valence-corrected chi connectivity index (χ4v) is 3.70. The average Bonchev–Trinajstić information content (AvgIpc) is 3.36. The Kier molecular flexibility index (Phi) is 5.56. The van der Waals surface area contributed by atoms with Crippen LogP contribution in [-0.4, -0.2) is 43.1 Å². The van der Waals surface area contributed by atoms with Gasteiger partial charge in [0.25, 0.3) is 0 Å². The lowest BCUT2D eigenvalue weighted by Crippen LogP contribution is -2.65. The molecule has 1 aromatic rings. The smallest absolute Gasteiger partial charge is 0.238 e. The van der Waals surface area contributed by atoms with Gasteiger partial charge in [-0.25, -0.2) is 0 Å². The van der Waals surface area contributed by atoms with Gasteiger partial charge in [0.2, 0.25) is 11.8 Å². The van der Waals surface area contributed by atoms with E-state index >= 15 is 0 Å². The molecule has 6 nitrogen and oxygen atoms in total. The summed E-state index contributed by atoms with van der Waals surface area (Å²) in [5, 5.41) is 9.31. The van der Waals surface area contributed by atoms with E-state index in [0.29, 0.717) is 0 Å². The second-order valence-corrected chi connectivity index (χ2v) is 9.82. The molecule has 2 unspecified atom stereocenters. The summed E-state index contributed by atoms with van der Waals surface area (Å²) >= 11 is 0. The van der Waals surface area contributed by atoms with Crippen molar-refractivity contribution in [3.05, 3.63) is 35.4 Å². The van der Waals surface area contributed by atoms with Gasteiger partial charge < -0.3 is 10.6 Å². The summed E-state index contributed by atoms with van der Waals surface area (Å²) in [7, 11) is 3.73. The Morgan fingerprint density at radius 2 is 1.82 bits per heavy atom. The summed E-state index contributed by atoms with van der Waals surface area (Å²) in [5.41, 5.74) is 2.59. The van der Waals surface area contributed by atoms with Crippen molar-refractivity contribution < 1.29 is 9.59 Å². The first kappa shape index (κ1) is 20.8. The SMILES string of the molecule is CN(C)C1NC(=O)CC(C(=O)N[C@@H](c2ccc(C(C)(C)C)cc2)C2(C)CC2)N1. The Morgan fingerprint density at radius 1 is 1.21 bits per heavy atom. The van der Waals surface area contributed by atoms with E-state index in [1.807, 2.05) is 19.0 Å². The van der Waals surface area contributed by atoms with E-state index in [1.54, 1.807) is 0 Å². The summed E-state index contributed by atoms with van der Waals surface area (Å²) in [6.45, 7) is 8.82. The maximum Gasteiger partial charge on any atom is 0.238 e. The highest BCUT2D eigenvalue weighted by atomic mass is 16.2. The molecule has 1 heterocycles. The Balaban J connectivity index is 1.76. The van der Waals surface area contributed by atoms with Gasteiger partial charge in [-0.1, -0.05) is 52.0 Å². The first-order valence-corrected chi connectivity index (χ1v) is 10.1. The maximum atomic E-state index is 13.0. The van der Waals surface area contributed by atoms with Crippen LogP contribution in [-0.2, 0) is 15.0 Å². The molecule has 3 rings (SSSR count). The molecule has 1 saturated carbocycles. The van der Waals surface area contributed by atoms with Crippen LogP contribution in [0.3, 0.4) is 0 Å². The van der Waals surface area contributed by atoms with Crippen molar-refractivity contribution >= 4 is 11.8 Å². The third kappa shape index (κ3) is 4.55. The minimum Gasteiger partial charge on any atom is -0.347 e. The highest BCUT2D eigenvalue weighted by molar-refractivity contribution is 5.89. The first-order chi connectivity index (χ1) is 13.0. The number of rotatable bonds is 5. The van der Waals surface area contributed by atoms with Gasteiger partial charge in [-0.15, -0.1) is 0 Å². The van der Waals surface area contributed by atoms with Crippen LogP contribution in [0.4, 0.5) is 0 Å². The molecule has 0 spiro atoms. The van der Waals surface area contributed by atoms with Crippen molar-refractivity contribution in [3.8, 4) is 0 Å². The minimum atomic E-state index is -0.528. The molecule has 2 aliphatic rings. The molecule has 1 aliphatic carbocycles. The Labute approximate surface area is 168 Å². The predicted molar refractivity (Wildman–Crippen MR) is 111 cm³/mol. The fourth-order valence-electron chi connectivity index (χ4n) is 3.70. The number of carbonyl (C=O) groups is 2. The standard InChI is InChI=1S/C22H34N4O2/c1-21(2,3)15-9-7-14(8-10-15)18(22(4)11-12-22)25-19(28)16-13-17(27)24-20(23-16)26(5)6/h7-10,16,18,20,23H,11-13H2,1-6H3,(H,24,27)(H,25,28)/t16?,18-,20?/m0/s1. The van der Waals surface area contributed by atoms with Gasteiger partial charge in [0, 0.05) is 0 Å². The van der Waals surface area contributed by atoms with E-state index in [-0.39, 0.29) is 41.4 Å². The van der Waals surface area contributed by atoms with Crippen molar-refractivity contribution in [2.45, 2.75) is 70.7 Å². The van der Waals surface area contributed by atoms with Crippen LogP contribution in [0, 0.1) is 5.41 Å². The van der Waals surface area contributed by atoms with Crippen LogP contribution >= 0.6 is 0 Å². The monoisotopic (exact) mass is 386 g/mol. The van der Waals surface area contributed by atoms with E-state index in [0.717, 1.165) is 18.4 Å². The van der Waals surface area contributed by atoms with Crippen molar-refractivity contribution in [1.29, 1.82) is 0 Å². The lowest BCUT2D eigenvalue weighted by atomic mass is 9.84. The van der Waals surface area contributed by atoms with Gasteiger partial charge in [0.15, 0.2) is 0 Å². The van der Waals surface area contributed by atoms with Crippen molar-refractivity contribution in [3.63, 3.8) is 0 Å². The van der Waals surface area contributed by atoms with Crippen LogP contribution in [0.25, 0.3) is 0 Å².